The summed E-state index contributed by atoms with van der Waals surface area (Å²) in [5.74, 6) is -0.888. The first-order chi connectivity index (χ1) is 15.4. The van der Waals surface area contributed by atoms with Gasteiger partial charge in [0.05, 0.1) is 23.6 Å². The van der Waals surface area contributed by atoms with E-state index in [9.17, 15) is 4.79 Å². The van der Waals surface area contributed by atoms with E-state index < -0.39 is 17.8 Å². The predicted molar refractivity (Wildman–Crippen MR) is 119 cm³/mol. The van der Waals surface area contributed by atoms with Crippen molar-refractivity contribution in [2.75, 3.05) is 13.1 Å². The van der Waals surface area contributed by atoms with Crippen LogP contribution in [0.2, 0.25) is 0 Å². The monoisotopic (exact) mass is 433 g/mol. The fourth-order valence-electron chi connectivity index (χ4n) is 4.62. The van der Waals surface area contributed by atoms with Crippen molar-refractivity contribution in [2.24, 2.45) is 12.8 Å². The Bertz CT molecular complexity index is 1300. The third-order valence-electron chi connectivity index (χ3n) is 6.08. The molecule has 1 unspecified atom stereocenters. The lowest BCUT2D eigenvalue weighted by atomic mass is 9.96. The lowest BCUT2D eigenvalue weighted by Gasteiger charge is -2.25. The molecule has 1 aromatic carbocycles. The number of primary amides is 1. The molecule has 1 aliphatic rings. The molecule has 3 N–H and O–H groups in total. The molecule has 0 bridgehead atoms. The SMILES string of the molecule is Cc1cc(C(C(N)=O)N2CCCC2)cc(F)c1-c1cc2c(-c3cnn(C)c3)n[nH]c2cn1. The number of amides is 1. The molecule has 0 saturated carbocycles. The Balaban J connectivity index is 1.58. The van der Waals surface area contributed by atoms with Gasteiger partial charge in [-0.05, 0) is 56.1 Å². The van der Waals surface area contributed by atoms with E-state index in [4.69, 9.17) is 5.73 Å². The molecule has 8 nitrogen and oxygen atoms in total. The maximum absolute atomic E-state index is 15.4. The highest BCUT2D eigenvalue weighted by Gasteiger charge is 2.29. The van der Waals surface area contributed by atoms with E-state index in [-0.39, 0.29) is 0 Å². The van der Waals surface area contributed by atoms with E-state index in [0.29, 0.717) is 22.4 Å². The molecule has 4 aromatic rings. The molecule has 1 amide bonds. The number of aromatic amines is 1. The first-order valence-electron chi connectivity index (χ1n) is 10.6. The van der Waals surface area contributed by atoms with Crippen LogP contribution in [0.15, 0.2) is 36.8 Å². The number of aromatic nitrogens is 5. The van der Waals surface area contributed by atoms with Gasteiger partial charge in [0.15, 0.2) is 0 Å². The van der Waals surface area contributed by atoms with Crippen molar-refractivity contribution in [3.63, 3.8) is 0 Å². The average molecular weight is 433 g/mol. The quantitative estimate of drug-likeness (QED) is 0.503. The summed E-state index contributed by atoms with van der Waals surface area (Å²) in [7, 11) is 1.84. The number of hydrogen-bond acceptors (Lipinski definition) is 5. The van der Waals surface area contributed by atoms with Crippen LogP contribution in [0, 0.1) is 12.7 Å². The number of carbonyl (C=O) groups excluding carboxylic acids is 1. The number of halogens is 1. The zero-order chi connectivity index (χ0) is 22.4. The van der Waals surface area contributed by atoms with E-state index in [1.54, 1.807) is 17.1 Å². The molecule has 1 fully saturated rings. The number of fused-ring (bicyclic) bond motifs is 1. The van der Waals surface area contributed by atoms with Gasteiger partial charge >= 0.3 is 0 Å². The Labute approximate surface area is 184 Å². The Morgan fingerprint density at radius 1 is 1.22 bits per heavy atom. The van der Waals surface area contributed by atoms with Crippen LogP contribution in [0.25, 0.3) is 33.4 Å². The molecule has 4 heterocycles. The second kappa shape index (κ2) is 7.83. The van der Waals surface area contributed by atoms with Gasteiger partial charge in [-0.15, -0.1) is 0 Å². The first-order valence-corrected chi connectivity index (χ1v) is 10.6. The predicted octanol–water partition coefficient (Wildman–Crippen LogP) is 3.10. The van der Waals surface area contributed by atoms with Crippen LogP contribution in [0.1, 0.15) is 30.0 Å². The Hall–Kier alpha value is -3.59. The number of H-pyrrole nitrogens is 1. The molecule has 0 aliphatic carbocycles. The molecule has 32 heavy (non-hydrogen) atoms. The summed E-state index contributed by atoms with van der Waals surface area (Å²) >= 11 is 0. The summed E-state index contributed by atoms with van der Waals surface area (Å²) in [5, 5.41) is 12.4. The Kier molecular flexibility index (Phi) is 4.97. The molecule has 1 saturated heterocycles. The summed E-state index contributed by atoms with van der Waals surface area (Å²) < 4.78 is 17.1. The van der Waals surface area contributed by atoms with Crippen LogP contribution >= 0.6 is 0 Å². The smallest absolute Gasteiger partial charge is 0.239 e. The highest BCUT2D eigenvalue weighted by Crippen LogP contribution is 2.34. The maximum Gasteiger partial charge on any atom is 0.239 e. The largest absolute Gasteiger partial charge is 0.368 e. The molecule has 5 rings (SSSR count). The summed E-state index contributed by atoms with van der Waals surface area (Å²) in [6, 6.07) is 4.47. The van der Waals surface area contributed by atoms with Crippen LogP contribution in [0.3, 0.4) is 0 Å². The van der Waals surface area contributed by atoms with Crippen LogP contribution in [0.4, 0.5) is 4.39 Å². The lowest BCUT2D eigenvalue weighted by Crippen LogP contribution is -2.36. The second-order valence-electron chi connectivity index (χ2n) is 8.33. The number of nitrogens with one attached hydrogen (secondary N) is 1. The summed E-state index contributed by atoms with van der Waals surface area (Å²) in [5.41, 5.74) is 10.2. The fraction of sp³-hybridized carbons (Fsp3) is 0.304. The third-order valence-corrected chi connectivity index (χ3v) is 6.08. The Morgan fingerprint density at radius 3 is 2.66 bits per heavy atom. The molecule has 164 valence electrons. The number of benzene rings is 1. The van der Waals surface area contributed by atoms with Gasteiger partial charge in [-0.2, -0.15) is 10.2 Å². The van der Waals surface area contributed by atoms with Gasteiger partial charge in [-0.3, -0.25) is 24.5 Å². The number of aryl methyl sites for hydroxylation is 2. The molecular formula is C23H24FN7O. The fourth-order valence-corrected chi connectivity index (χ4v) is 4.62. The van der Waals surface area contributed by atoms with E-state index in [2.05, 4.69) is 20.3 Å². The minimum atomic E-state index is -0.624. The molecule has 3 aromatic heterocycles. The number of hydrogen-bond donors (Lipinski definition) is 2. The highest BCUT2D eigenvalue weighted by molar-refractivity contribution is 5.94. The van der Waals surface area contributed by atoms with E-state index >= 15 is 4.39 Å². The number of carbonyl (C=O) groups is 1. The van der Waals surface area contributed by atoms with Gasteiger partial charge in [0.2, 0.25) is 5.91 Å². The minimum Gasteiger partial charge on any atom is -0.368 e. The normalized spacial score (nSPS) is 15.5. The van der Waals surface area contributed by atoms with Gasteiger partial charge in [0, 0.05) is 29.8 Å². The molecule has 0 spiro atoms. The zero-order valence-corrected chi connectivity index (χ0v) is 18.0. The number of nitrogens with zero attached hydrogens (tertiary/aromatic N) is 5. The van der Waals surface area contributed by atoms with Crippen molar-refractivity contribution >= 4 is 16.8 Å². The van der Waals surface area contributed by atoms with Crippen LogP contribution in [-0.2, 0) is 11.8 Å². The molecule has 1 aliphatic heterocycles. The molecular weight excluding hydrogens is 409 g/mol. The summed E-state index contributed by atoms with van der Waals surface area (Å²) in [6.07, 6.45) is 7.28. The van der Waals surface area contributed by atoms with Crippen molar-refractivity contribution in [3.8, 4) is 22.5 Å². The van der Waals surface area contributed by atoms with Crippen molar-refractivity contribution in [2.45, 2.75) is 25.8 Å². The van der Waals surface area contributed by atoms with E-state index in [0.717, 1.165) is 48.1 Å². The Morgan fingerprint density at radius 2 is 2.00 bits per heavy atom. The summed E-state index contributed by atoms with van der Waals surface area (Å²) in [4.78, 5) is 18.7. The molecule has 1 atom stereocenters. The lowest BCUT2D eigenvalue weighted by molar-refractivity contribution is -0.123. The van der Waals surface area contributed by atoms with Crippen molar-refractivity contribution in [1.82, 2.24) is 29.9 Å². The van der Waals surface area contributed by atoms with Gasteiger partial charge in [-0.1, -0.05) is 6.07 Å². The van der Waals surface area contributed by atoms with Crippen molar-refractivity contribution in [3.05, 3.63) is 53.7 Å². The van der Waals surface area contributed by atoms with Gasteiger partial charge in [0.1, 0.15) is 17.6 Å². The maximum atomic E-state index is 15.4. The zero-order valence-electron chi connectivity index (χ0n) is 18.0. The van der Waals surface area contributed by atoms with E-state index in [1.165, 1.54) is 6.07 Å². The highest BCUT2D eigenvalue weighted by atomic mass is 19.1. The number of nitrogens with two attached hydrogens (primary N) is 1. The standard InChI is InChI=1S/C23H24FN7O/c1-13-7-14(22(23(25)32)31-5-3-4-6-31)8-17(24)20(13)18-9-16-19(11-26-18)28-29-21(16)15-10-27-30(2)12-15/h7-12,22H,3-6H2,1-2H3,(H2,25,32)(H,28,29). The summed E-state index contributed by atoms with van der Waals surface area (Å²) in [6.45, 7) is 3.39. The second-order valence-corrected chi connectivity index (χ2v) is 8.33. The topological polar surface area (TPSA) is 106 Å². The van der Waals surface area contributed by atoms with Crippen molar-refractivity contribution in [1.29, 1.82) is 0 Å². The van der Waals surface area contributed by atoms with Crippen molar-refractivity contribution < 1.29 is 9.18 Å². The third kappa shape index (κ3) is 3.44. The number of likely N-dealkylation sites (tertiary alicyclic amines) is 1. The van der Waals surface area contributed by atoms with E-state index in [1.807, 2.05) is 37.2 Å². The molecule has 9 heteroatoms. The van der Waals surface area contributed by atoms with Crippen LogP contribution in [-0.4, -0.2) is 48.9 Å². The van der Waals surface area contributed by atoms with Crippen LogP contribution in [0.5, 0.6) is 0 Å². The van der Waals surface area contributed by atoms with Gasteiger partial charge < -0.3 is 5.73 Å². The van der Waals surface area contributed by atoms with Gasteiger partial charge in [0.25, 0.3) is 0 Å². The van der Waals surface area contributed by atoms with Crippen LogP contribution < -0.4 is 5.73 Å². The number of pyridine rings is 1. The first kappa shape index (κ1) is 20.3. The number of rotatable bonds is 5. The minimum absolute atomic E-state index is 0.402. The van der Waals surface area contributed by atoms with Gasteiger partial charge in [-0.25, -0.2) is 4.39 Å². The average Bonchev–Trinajstić information content (AvgIpc) is 3.48. The molecule has 0 radical (unpaired) electrons.